The number of ether oxygens (including phenoxy) is 3. The Kier molecular flexibility index (Phi) is 51.4. The van der Waals surface area contributed by atoms with Crippen LogP contribution in [-0.2, 0) is 28.6 Å². The number of rotatable bonds is 49. The van der Waals surface area contributed by atoms with Crippen molar-refractivity contribution < 1.29 is 28.6 Å². The first-order chi connectivity index (χ1) is 32.5. The van der Waals surface area contributed by atoms with Crippen LogP contribution in [0.25, 0.3) is 0 Å². The lowest BCUT2D eigenvalue weighted by atomic mass is 10.0. The molecule has 0 aliphatic carbocycles. The average molecular weight is 919 g/mol. The van der Waals surface area contributed by atoms with Crippen molar-refractivity contribution in [3.8, 4) is 0 Å². The van der Waals surface area contributed by atoms with Crippen LogP contribution in [-0.4, -0.2) is 37.2 Å². The van der Waals surface area contributed by atoms with Crippen molar-refractivity contribution in [3.63, 3.8) is 0 Å². The zero-order chi connectivity index (χ0) is 47.9. The first-order valence-electron chi connectivity index (χ1n) is 27.6. The molecule has 0 saturated heterocycles. The van der Waals surface area contributed by atoms with E-state index in [0.717, 1.165) is 96.3 Å². The highest BCUT2D eigenvalue weighted by atomic mass is 16.6. The van der Waals surface area contributed by atoms with Crippen molar-refractivity contribution in [3.05, 3.63) is 85.1 Å². The van der Waals surface area contributed by atoms with Crippen LogP contribution in [0.5, 0.6) is 0 Å². The fourth-order valence-corrected chi connectivity index (χ4v) is 7.50. The molecule has 6 heteroatoms. The molecule has 0 rings (SSSR count). The molecule has 0 aromatic carbocycles. The van der Waals surface area contributed by atoms with E-state index in [1.54, 1.807) is 0 Å². The Morgan fingerprint density at radius 2 is 0.591 bits per heavy atom. The van der Waals surface area contributed by atoms with E-state index < -0.39 is 6.10 Å². The molecule has 0 aliphatic heterocycles. The molecule has 0 fully saturated rings. The fraction of sp³-hybridized carbons (Fsp3) is 0.717. The maximum absolute atomic E-state index is 12.8. The summed E-state index contributed by atoms with van der Waals surface area (Å²) in [6, 6.07) is 0. The van der Waals surface area contributed by atoms with Gasteiger partial charge in [0.25, 0.3) is 0 Å². The van der Waals surface area contributed by atoms with Gasteiger partial charge in [0.2, 0.25) is 0 Å². The van der Waals surface area contributed by atoms with Gasteiger partial charge in [-0.15, -0.1) is 0 Å². The fourth-order valence-electron chi connectivity index (χ4n) is 7.50. The van der Waals surface area contributed by atoms with Crippen LogP contribution in [0.1, 0.15) is 258 Å². The molecule has 1 unspecified atom stereocenters. The summed E-state index contributed by atoms with van der Waals surface area (Å²) >= 11 is 0. The van der Waals surface area contributed by atoms with Crippen molar-refractivity contribution in [1.29, 1.82) is 0 Å². The van der Waals surface area contributed by atoms with E-state index in [2.05, 4.69) is 106 Å². The summed E-state index contributed by atoms with van der Waals surface area (Å²) in [5.74, 6) is -0.947. The Balaban J connectivity index is 4.45. The summed E-state index contributed by atoms with van der Waals surface area (Å²) in [6.45, 7) is 6.46. The van der Waals surface area contributed by atoms with Crippen LogP contribution < -0.4 is 0 Å². The maximum Gasteiger partial charge on any atom is 0.306 e. The Bertz CT molecular complexity index is 1290. The average Bonchev–Trinajstić information content (AvgIpc) is 3.31. The molecule has 0 heterocycles. The predicted molar refractivity (Wildman–Crippen MR) is 284 cm³/mol. The largest absolute Gasteiger partial charge is 0.462 e. The lowest BCUT2D eigenvalue weighted by Crippen LogP contribution is -2.30. The van der Waals surface area contributed by atoms with E-state index in [-0.39, 0.29) is 37.5 Å². The van der Waals surface area contributed by atoms with Gasteiger partial charge in [-0.1, -0.05) is 228 Å². The standard InChI is InChI=1S/C60H102O6/c1-4-7-10-13-16-19-22-25-28-29-30-31-33-35-38-41-44-47-50-53-59(62)65-56-57(55-64-58(61)52-49-46-43-40-37-34-27-24-21-18-15-12-9-6-3)66-60(63)54-51-48-45-42-39-36-32-26-23-20-17-14-11-8-5-2/h8,11,16-17,19-20,25-26,28,30-32,39,42,57H,4-7,9-10,12-15,18,21-24,27,29,33-38,40-41,43-56H2,1-3H3/b11-8-,19-16-,20-17-,28-25-,31-30-,32-26-,42-39-. The summed E-state index contributed by atoms with van der Waals surface area (Å²) in [5, 5.41) is 0. The van der Waals surface area contributed by atoms with Gasteiger partial charge in [-0.25, -0.2) is 0 Å². The van der Waals surface area contributed by atoms with Crippen LogP contribution in [0.3, 0.4) is 0 Å². The Morgan fingerprint density at radius 3 is 0.985 bits per heavy atom. The number of unbranched alkanes of at least 4 members (excludes halogenated alkanes) is 24. The van der Waals surface area contributed by atoms with Gasteiger partial charge >= 0.3 is 17.9 Å². The van der Waals surface area contributed by atoms with Crippen molar-refractivity contribution in [2.45, 2.75) is 264 Å². The van der Waals surface area contributed by atoms with E-state index in [1.807, 2.05) is 0 Å². The molecular weight excluding hydrogens is 817 g/mol. The lowest BCUT2D eigenvalue weighted by molar-refractivity contribution is -0.167. The second-order valence-electron chi connectivity index (χ2n) is 18.1. The summed E-state index contributed by atoms with van der Waals surface area (Å²) in [4.78, 5) is 38.1. The summed E-state index contributed by atoms with van der Waals surface area (Å²) < 4.78 is 16.8. The van der Waals surface area contributed by atoms with Gasteiger partial charge in [0.05, 0.1) is 0 Å². The Labute approximate surface area is 407 Å². The molecule has 378 valence electrons. The quantitative estimate of drug-likeness (QED) is 0.0262. The van der Waals surface area contributed by atoms with Crippen LogP contribution >= 0.6 is 0 Å². The van der Waals surface area contributed by atoms with Crippen molar-refractivity contribution in [2.75, 3.05) is 13.2 Å². The van der Waals surface area contributed by atoms with Crippen LogP contribution in [0.4, 0.5) is 0 Å². The van der Waals surface area contributed by atoms with Gasteiger partial charge < -0.3 is 14.2 Å². The molecular formula is C60H102O6. The minimum absolute atomic E-state index is 0.0961. The van der Waals surface area contributed by atoms with Gasteiger partial charge in [-0.3, -0.25) is 14.4 Å². The van der Waals surface area contributed by atoms with Crippen molar-refractivity contribution >= 4 is 17.9 Å². The zero-order valence-corrected chi connectivity index (χ0v) is 43.2. The number of carbonyl (C=O) groups excluding carboxylic acids is 3. The minimum Gasteiger partial charge on any atom is -0.462 e. The normalized spacial score (nSPS) is 12.7. The molecule has 0 spiro atoms. The van der Waals surface area contributed by atoms with Gasteiger partial charge in [0.15, 0.2) is 6.10 Å². The van der Waals surface area contributed by atoms with Crippen LogP contribution in [0.2, 0.25) is 0 Å². The number of allylic oxidation sites excluding steroid dienone is 14. The molecule has 0 N–H and O–H groups in total. The summed E-state index contributed by atoms with van der Waals surface area (Å²) in [6.07, 6.45) is 70.0. The highest BCUT2D eigenvalue weighted by Crippen LogP contribution is 2.15. The molecule has 0 amide bonds. The molecule has 0 saturated carbocycles. The number of carbonyl (C=O) groups is 3. The van der Waals surface area contributed by atoms with E-state index in [0.29, 0.717) is 19.3 Å². The van der Waals surface area contributed by atoms with Crippen molar-refractivity contribution in [1.82, 2.24) is 0 Å². The SMILES string of the molecule is CC/C=C\C/C=C\C/C=C\C/C=C\CCCCC(=O)OC(COC(=O)CCCCCCCC/C=C\C/C=C\C/C=C\CCCCC)COC(=O)CCCCCCCCCCCCCCCC. The summed E-state index contributed by atoms with van der Waals surface area (Å²) in [7, 11) is 0. The van der Waals surface area contributed by atoms with Gasteiger partial charge in [0.1, 0.15) is 13.2 Å². The number of esters is 3. The third-order valence-electron chi connectivity index (χ3n) is 11.6. The number of hydrogen-bond donors (Lipinski definition) is 0. The maximum atomic E-state index is 12.8. The van der Waals surface area contributed by atoms with E-state index in [4.69, 9.17) is 14.2 Å². The molecule has 0 bridgehead atoms. The third kappa shape index (κ3) is 51.6. The van der Waals surface area contributed by atoms with Gasteiger partial charge in [-0.2, -0.15) is 0 Å². The first kappa shape index (κ1) is 62.6. The van der Waals surface area contributed by atoms with Crippen LogP contribution in [0.15, 0.2) is 85.1 Å². The molecule has 6 nitrogen and oxygen atoms in total. The predicted octanol–water partition coefficient (Wildman–Crippen LogP) is 18.4. The highest BCUT2D eigenvalue weighted by Gasteiger charge is 2.19. The molecule has 0 aromatic rings. The van der Waals surface area contributed by atoms with Gasteiger partial charge in [0, 0.05) is 19.3 Å². The Morgan fingerprint density at radius 1 is 0.318 bits per heavy atom. The smallest absolute Gasteiger partial charge is 0.306 e. The van der Waals surface area contributed by atoms with E-state index >= 15 is 0 Å². The van der Waals surface area contributed by atoms with Crippen molar-refractivity contribution in [2.24, 2.45) is 0 Å². The lowest BCUT2D eigenvalue weighted by Gasteiger charge is -2.18. The van der Waals surface area contributed by atoms with E-state index in [9.17, 15) is 14.4 Å². The highest BCUT2D eigenvalue weighted by molar-refractivity contribution is 5.71. The first-order valence-corrected chi connectivity index (χ1v) is 27.6. The molecule has 0 radical (unpaired) electrons. The molecule has 66 heavy (non-hydrogen) atoms. The minimum atomic E-state index is -0.802. The van der Waals surface area contributed by atoms with Gasteiger partial charge in [-0.05, 0) is 96.3 Å². The third-order valence-corrected chi connectivity index (χ3v) is 11.6. The zero-order valence-electron chi connectivity index (χ0n) is 43.2. The Hall–Kier alpha value is -3.41. The molecule has 0 aromatic heterocycles. The second-order valence-corrected chi connectivity index (χ2v) is 18.1. The van der Waals surface area contributed by atoms with E-state index in [1.165, 1.54) is 116 Å². The molecule has 1 atom stereocenters. The summed E-state index contributed by atoms with van der Waals surface area (Å²) in [5.41, 5.74) is 0. The van der Waals surface area contributed by atoms with Crippen LogP contribution in [0, 0.1) is 0 Å². The second kappa shape index (κ2) is 54.2. The topological polar surface area (TPSA) is 78.9 Å². The molecule has 0 aliphatic rings. The monoisotopic (exact) mass is 919 g/mol. The number of hydrogen-bond acceptors (Lipinski definition) is 6.